The van der Waals surface area contributed by atoms with Crippen LogP contribution in [0.1, 0.15) is 32.5 Å². The zero-order valence-corrected chi connectivity index (χ0v) is 19.2. The molecule has 1 unspecified atom stereocenters. The molecule has 0 radical (unpaired) electrons. The van der Waals surface area contributed by atoms with Crippen molar-refractivity contribution >= 4 is 23.4 Å². The third-order valence-corrected chi connectivity index (χ3v) is 6.47. The minimum absolute atomic E-state index is 0.0656. The number of pyridine rings is 1. The predicted octanol–water partition coefficient (Wildman–Crippen LogP) is 2.25. The molecule has 35 heavy (non-hydrogen) atoms. The molecule has 2 aromatic rings. The lowest BCUT2D eigenvalue weighted by Crippen LogP contribution is -2.56. The van der Waals surface area contributed by atoms with Gasteiger partial charge in [-0.25, -0.2) is 8.78 Å². The molecule has 0 spiro atoms. The largest absolute Gasteiger partial charge is 0.503 e. The zero-order valence-electron chi connectivity index (χ0n) is 18.4. The molecule has 182 valence electrons. The highest BCUT2D eigenvalue weighted by molar-refractivity contribution is 6.30. The number of rotatable bonds is 5. The first-order valence-corrected chi connectivity index (χ1v) is 10.9. The molecular formula is C24H20ClF2N3O5. The summed E-state index contributed by atoms with van der Waals surface area (Å²) in [4.78, 5) is 40.4. The van der Waals surface area contributed by atoms with Crippen LogP contribution in [0, 0.1) is 29.9 Å². The van der Waals surface area contributed by atoms with E-state index in [9.17, 15) is 28.3 Å². The zero-order chi connectivity index (χ0) is 25.4. The van der Waals surface area contributed by atoms with Crippen LogP contribution in [0.2, 0.25) is 5.02 Å². The average Bonchev–Trinajstić information content (AvgIpc) is 2.85. The Bertz CT molecular complexity index is 1350. The molecule has 8 nitrogen and oxygen atoms in total. The van der Waals surface area contributed by atoms with Gasteiger partial charge in [0.15, 0.2) is 11.4 Å². The fourth-order valence-electron chi connectivity index (χ4n) is 4.45. The summed E-state index contributed by atoms with van der Waals surface area (Å²) in [5, 5.41) is 12.3. The second-order valence-corrected chi connectivity index (χ2v) is 8.46. The Labute approximate surface area is 203 Å². The molecule has 0 fully saturated rings. The molecule has 1 aromatic heterocycles. The number of terminal acetylenes is 1. The van der Waals surface area contributed by atoms with Gasteiger partial charge in [-0.05, 0) is 6.07 Å². The standard InChI is InChI=1S/C24H20ClF2N3O5/c1-3-12-5-4-8-29-19(12)16(11-35-2)30-10-14(21(31)22(32)20(30)24(29)34)23(33)28-9-13-6-7-15(26)17(25)18(13)27/h1,4-7,10,12,16,19,32H,8-9,11H2,2H3,(H,28,33)/t12-,16+,19?/m1/s1. The number of benzene rings is 1. The Kier molecular flexibility index (Phi) is 6.65. The fraction of sp³-hybridized carbons (Fsp3) is 0.292. The van der Waals surface area contributed by atoms with Crippen LogP contribution in [0.5, 0.6) is 5.75 Å². The van der Waals surface area contributed by atoms with Gasteiger partial charge < -0.3 is 24.6 Å². The maximum Gasteiger partial charge on any atom is 0.275 e. The van der Waals surface area contributed by atoms with Crippen molar-refractivity contribution in [2.75, 3.05) is 20.3 Å². The molecule has 0 bridgehead atoms. The van der Waals surface area contributed by atoms with E-state index in [-0.39, 0.29) is 24.4 Å². The van der Waals surface area contributed by atoms with E-state index in [0.717, 1.165) is 18.3 Å². The van der Waals surface area contributed by atoms with E-state index >= 15 is 0 Å². The summed E-state index contributed by atoms with van der Waals surface area (Å²) < 4.78 is 34.2. The van der Waals surface area contributed by atoms with Crippen LogP contribution in [-0.2, 0) is 11.3 Å². The maximum absolute atomic E-state index is 14.2. The highest BCUT2D eigenvalue weighted by Gasteiger charge is 2.45. The maximum atomic E-state index is 14.2. The van der Waals surface area contributed by atoms with Crippen LogP contribution < -0.4 is 10.7 Å². The third-order valence-electron chi connectivity index (χ3n) is 6.13. The molecule has 2 N–H and O–H groups in total. The van der Waals surface area contributed by atoms with Crippen LogP contribution in [-0.4, -0.2) is 52.7 Å². The van der Waals surface area contributed by atoms with Crippen molar-refractivity contribution in [1.82, 2.24) is 14.8 Å². The number of amides is 2. The molecule has 3 heterocycles. The number of nitrogens with one attached hydrogen (secondary N) is 1. The van der Waals surface area contributed by atoms with Gasteiger partial charge >= 0.3 is 0 Å². The fourth-order valence-corrected chi connectivity index (χ4v) is 4.63. The van der Waals surface area contributed by atoms with Gasteiger partial charge in [-0.2, -0.15) is 0 Å². The third kappa shape index (κ3) is 4.07. The average molecular weight is 504 g/mol. The summed E-state index contributed by atoms with van der Waals surface area (Å²) in [5.74, 6) is -2.29. The second-order valence-electron chi connectivity index (χ2n) is 8.08. The van der Waals surface area contributed by atoms with Gasteiger partial charge in [-0.1, -0.05) is 35.7 Å². The number of nitrogens with zero attached hydrogens (tertiary/aromatic N) is 2. The second kappa shape index (κ2) is 9.52. The van der Waals surface area contributed by atoms with E-state index in [1.54, 1.807) is 12.2 Å². The summed E-state index contributed by atoms with van der Waals surface area (Å²) >= 11 is 5.56. The van der Waals surface area contributed by atoms with Crippen molar-refractivity contribution in [2.24, 2.45) is 5.92 Å². The first-order valence-electron chi connectivity index (χ1n) is 10.5. The van der Waals surface area contributed by atoms with Gasteiger partial charge in [0.1, 0.15) is 22.2 Å². The quantitative estimate of drug-likeness (QED) is 0.370. The molecule has 2 aliphatic rings. The molecule has 11 heteroatoms. The summed E-state index contributed by atoms with van der Waals surface area (Å²) in [7, 11) is 1.45. The number of hydrogen-bond acceptors (Lipinski definition) is 5. The Morgan fingerprint density at radius 1 is 1.37 bits per heavy atom. The smallest absolute Gasteiger partial charge is 0.275 e. The minimum atomic E-state index is -1.07. The SMILES string of the molecule is C#C[C@@H]1C=CCN2C(=O)c3c(O)c(=O)c(C(=O)NCc4ccc(F)c(Cl)c4F)cn3[C@@H](COC)C12. The van der Waals surface area contributed by atoms with Gasteiger partial charge in [0.25, 0.3) is 11.8 Å². The highest BCUT2D eigenvalue weighted by atomic mass is 35.5. The van der Waals surface area contributed by atoms with Crippen molar-refractivity contribution < 1.29 is 28.2 Å². The van der Waals surface area contributed by atoms with Crippen LogP contribution in [0.25, 0.3) is 0 Å². The Hall–Kier alpha value is -3.68. The number of hydrogen-bond donors (Lipinski definition) is 2. The number of methoxy groups -OCH3 is 1. The van der Waals surface area contributed by atoms with E-state index in [4.69, 9.17) is 22.8 Å². The van der Waals surface area contributed by atoms with Gasteiger partial charge in [0, 0.05) is 32.0 Å². The summed E-state index contributed by atoms with van der Waals surface area (Å²) in [6, 6.07) is 0.884. The van der Waals surface area contributed by atoms with Crippen LogP contribution in [0.3, 0.4) is 0 Å². The van der Waals surface area contributed by atoms with E-state index in [2.05, 4.69) is 11.2 Å². The van der Waals surface area contributed by atoms with Gasteiger partial charge in [0.05, 0.1) is 24.6 Å². The van der Waals surface area contributed by atoms with Gasteiger partial charge in [-0.3, -0.25) is 14.4 Å². The molecule has 3 atom stereocenters. The molecule has 1 aromatic carbocycles. The van der Waals surface area contributed by atoms with Crippen molar-refractivity contribution in [3.63, 3.8) is 0 Å². The summed E-state index contributed by atoms with van der Waals surface area (Å²) in [6.07, 6.45) is 10.4. The highest BCUT2D eigenvalue weighted by Crippen LogP contribution is 2.36. The van der Waals surface area contributed by atoms with E-state index in [0.29, 0.717) is 0 Å². The Morgan fingerprint density at radius 3 is 2.80 bits per heavy atom. The molecule has 0 saturated heterocycles. The van der Waals surface area contributed by atoms with Crippen LogP contribution in [0.4, 0.5) is 8.78 Å². The molecule has 2 amide bonds. The van der Waals surface area contributed by atoms with Crippen molar-refractivity contribution in [2.45, 2.75) is 18.6 Å². The lowest BCUT2D eigenvalue weighted by atomic mass is 9.86. The monoisotopic (exact) mass is 503 g/mol. The van der Waals surface area contributed by atoms with Crippen LogP contribution >= 0.6 is 11.6 Å². The van der Waals surface area contributed by atoms with Crippen molar-refractivity contribution in [3.05, 3.63) is 74.2 Å². The first-order chi connectivity index (χ1) is 16.7. The lowest BCUT2D eigenvalue weighted by Gasteiger charge is -2.46. The molecule has 0 aliphatic carbocycles. The Morgan fingerprint density at radius 2 is 2.11 bits per heavy atom. The topological polar surface area (TPSA) is 101 Å². The number of halogens is 3. The number of ether oxygens (including phenoxy) is 1. The minimum Gasteiger partial charge on any atom is -0.503 e. The molecule has 0 saturated carbocycles. The van der Waals surface area contributed by atoms with E-state index in [1.165, 1.54) is 16.6 Å². The normalized spacial score (nSPS) is 20.7. The van der Waals surface area contributed by atoms with Crippen molar-refractivity contribution in [1.29, 1.82) is 0 Å². The number of carbonyl (C=O) groups excluding carboxylic acids is 2. The van der Waals surface area contributed by atoms with Gasteiger partial charge in [-0.15, -0.1) is 6.42 Å². The van der Waals surface area contributed by atoms with Crippen molar-refractivity contribution in [3.8, 4) is 18.1 Å². The summed E-state index contributed by atoms with van der Waals surface area (Å²) in [5.41, 5.74) is -1.95. The predicted molar refractivity (Wildman–Crippen MR) is 122 cm³/mol. The van der Waals surface area contributed by atoms with E-state index < -0.39 is 69.8 Å². The number of fused-ring (bicyclic) bond motifs is 2. The van der Waals surface area contributed by atoms with E-state index in [1.807, 2.05) is 0 Å². The van der Waals surface area contributed by atoms with Crippen LogP contribution in [0.15, 0.2) is 35.3 Å². The van der Waals surface area contributed by atoms with Gasteiger partial charge in [0.2, 0.25) is 5.43 Å². The number of aromatic nitrogens is 1. The number of aromatic hydroxyl groups is 1. The summed E-state index contributed by atoms with van der Waals surface area (Å²) in [6.45, 7) is -0.118. The first kappa shape index (κ1) is 24.4. The Balaban J connectivity index is 1.74. The lowest BCUT2D eigenvalue weighted by molar-refractivity contribution is 0.0321. The number of carbonyl (C=O) groups is 2. The molecular weight excluding hydrogens is 484 g/mol. The molecule has 4 rings (SSSR count). The molecule has 2 aliphatic heterocycles.